The van der Waals surface area contributed by atoms with Gasteiger partial charge in [0.1, 0.15) is 0 Å². The van der Waals surface area contributed by atoms with Gasteiger partial charge in [-0.1, -0.05) is 13.8 Å². The Balaban J connectivity index is 1.94. The van der Waals surface area contributed by atoms with Gasteiger partial charge in [-0.25, -0.2) is 0 Å². The zero-order valence-corrected chi connectivity index (χ0v) is 12.8. The van der Waals surface area contributed by atoms with Crippen LogP contribution in [0.2, 0.25) is 0 Å². The summed E-state index contributed by atoms with van der Waals surface area (Å²) in [5.41, 5.74) is 1.86. The van der Waals surface area contributed by atoms with Crippen LogP contribution in [-0.2, 0) is 16.0 Å². The first-order valence-electron chi connectivity index (χ1n) is 7.38. The third kappa shape index (κ3) is 2.59. The van der Waals surface area contributed by atoms with Crippen molar-refractivity contribution in [2.45, 2.75) is 58.6 Å². The second-order valence-corrected chi connectivity index (χ2v) is 5.74. The molecule has 1 amide bonds. The summed E-state index contributed by atoms with van der Waals surface area (Å²) in [5, 5.41) is 10.1. The molecule has 0 radical (unpaired) electrons. The van der Waals surface area contributed by atoms with Crippen LogP contribution in [0.1, 0.15) is 44.5 Å². The molecule has 2 N–H and O–H groups in total. The summed E-state index contributed by atoms with van der Waals surface area (Å²) in [5.74, 6) is 0.0438. The van der Waals surface area contributed by atoms with Gasteiger partial charge in [0, 0.05) is 24.3 Å². The number of hydrogen-bond donors (Lipinski definition) is 2. The monoisotopic (exact) mass is 279 g/mol. The zero-order valence-electron chi connectivity index (χ0n) is 12.8. The molecular weight excluding hydrogens is 254 g/mol. The van der Waals surface area contributed by atoms with E-state index < -0.39 is 0 Å². The Morgan fingerprint density at radius 3 is 2.75 bits per heavy atom. The van der Waals surface area contributed by atoms with E-state index in [9.17, 15) is 4.79 Å². The molecule has 5 nitrogen and oxygen atoms in total. The Morgan fingerprint density at radius 1 is 1.55 bits per heavy atom. The summed E-state index contributed by atoms with van der Waals surface area (Å²) in [7, 11) is 1.76. The lowest BCUT2D eigenvalue weighted by molar-refractivity contribution is -0.140. The lowest BCUT2D eigenvalue weighted by Crippen LogP contribution is -2.64. The van der Waals surface area contributed by atoms with E-state index in [1.165, 1.54) is 0 Å². The van der Waals surface area contributed by atoms with Gasteiger partial charge in [-0.15, -0.1) is 0 Å². The molecule has 112 valence electrons. The molecule has 1 aliphatic carbocycles. The van der Waals surface area contributed by atoms with Gasteiger partial charge in [0.25, 0.3) is 0 Å². The van der Waals surface area contributed by atoms with Crippen molar-refractivity contribution < 1.29 is 9.53 Å². The number of hydrogen-bond acceptors (Lipinski definition) is 3. The average Bonchev–Trinajstić information content (AvgIpc) is 2.81. The minimum Gasteiger partial charge on any atom is -0.381 e. The normalized spacial score (nSPS) is 24.2. The molecule has 1 fully saturated rings. The van der Waals surface area contributed by atoms with E-state index in [2.05, 4.69) is 29.4 Å². The number of aromatic amines is 1. The summed E-state index contributed by atoms with van der Waals surface area (Å²) in [6, 6.07) is 2.13. The molecule has 0 bridgehead atoms. The SMILES string of the molecule is CCC1(CC)[C@@H](NC(=O)Cc2cc(C)[nH]n2)C[C@H]1OC. The summed E-state index contributed by atoms with van der Waals surface area (Å²) in [4.78, 5) is 12.1. The molecule has 0 unspecified atom stereocenters. The third-order valence-corrected chi connectivity index (χ3v) is 4.82. The predicted octanol–water partition coefficient (Wildman–Crippen LogP) is 1.97. The smallest absolute Gasteiger partial charge is 0.226 e. The number of H-pyrrole nitrogens is 1. The van der Waals surface area contributed by atoms with E-state index in [0.717, 1.165) is 30.7 Å². The fourth-order valence-electron chi connectivity index (χ4n) is 3.45. The van der Waals surface area contributed by atoms with Crippen molar-refractivity contribution in [3.05, 3.63) is 17.5 Å². The highest BCUT2D eigenvalue weighted by Crippen LogP contribution is 2.48. The second kappa shape index (κ2) is 5.95. The van der Waals surface area contributed by atoms with Gasteiger partial charge in [-0.3, -0.25) is 9.89 Å². The van der Waals surface area contributed by atoms with Crippen molar-refractivity contribution in [1.82, 2.24) is 15.5 Å². The van der Waals surface area contributed by atoms with Crippen LogP contribution in [0.25, 0.3) is 0 Å². The Kier molecular flexibility index (Phi) is 4.48. The fraction of sp³-hybridized carbons (Fsp3) is 0.733. The second-order valence-electron chi connectivity index (χ2n) is 5.74. The van der Waals surface area contributed by atoms with Gasteiger partial charge < -0.3 is 10.1 Å². The number of carbonyl (C=O) groups excluding carboxylic acids is 1. The van der Waals surface area contributed by atoms with Crippen molar-refractivity contribution in [2.24, 2.45) is 5.41 Å². The lowest BCUT2D eigenvalue weighted by Gasteiger charge is -2.55. The first-order chi connectivity index (χ1) is 9.55. The molecule has 0 aromatic carbocycles. The molecule has 20 heavy (non-hydrogen) atoms. The summed E-state index contributed by atoms with van der Waals surface area (Å²) >= 11 is 0. The van der Waals surface area contributed by atoms with E-state index in [0.29, 0.717) is 6.42 Å². The molecule has 1 aromatic heterocycles. The quantitative estimate of drug-likeness (QED) is 0.836. The molecule has 1 heterocycles. The maximum Gasteiger partial charge on any atom is 0.226 e. The van der Waals surface area contributed by atoms with Gasteiger partial charge >= 0.3 is 0 Å². The number of nitrogens with zero attached hydrogens (tertiary/aromatic N) is 1. The molecule has 0 spiro atoms. The van der Waals surface area contributed by atoms with Gasteiger partial charge in [0.05, 0.1) is 18.2 Å². The van der Waals surface area contributed by atoms with Gasteiger partial charge in [0.2, 0.25) is 5.91 Å². The molecule has 2 atom stereocenters. The van der Waals surface area contributed by atoms with Crippen molar-refractivity contribution in [3.63, 3.8) is 0 Å². The van der Waals surface area contributed by atoms with Gasteiger partial charge in [-0.05, 0) is 32.3 Å². The average molecular weight is 279 g/mol. The highest BCUT2D eigenvalue weighted by molar-refractivity contribution is 5.78. The van der Waals surface area contributed by atoms with Crippen LogP contribution in [0.15, 0.2) is 6.07 Å². The Labute approximate surface area is 120 Å². The van der Waals surface area contributed by atoms with Gasteiger partial charge in [0.15, 0.2) is 0 Å². The number of ether oxygens (including phenoxy) is 1. The Morgan fingerprint density at radius 2 is 2.25 bits per heavy atom. The summed E-state index contributed by atoms with van der Waals surface area (Å²) in [6.45, 7) is 6.28. The van der Waals surface area contributed by atoms with Crippen LogP contribution in [-0.4, -0.2) is 35.4 Å². The van der Waals surface area contributed by atoms with Crippen LogP contribution in [0.3, 0.4) is 0 Å². The van der Waals surface area contributed by atoms with E-state index in [1.807, 2.05) is 13.0 Å². The molecule has 1 saturated carbocycles. The largest absolute Gasteiger partial charge is 0.381 e. The van der Waals surface area contributed by atoms with E-state index in [4.69, 9.17) is 4.74 Å². The predicted molar refractivity (Wildman–Crippen MR) is 77.4 cm³/mol. The topological polar surface area (TPSA) is 67.0 Å². The van der Waals surface area contributed by atoms with Crippen LogP contribution >= 0.6 is 0 Å². The summed E-state index contributed by atoms with van der Waals surface area (Å²) in [6.07, 6.45) is 3.55. The Hall–Kier alpha value is -1.36. The van der Waals surface area contributed by atoms with Crippen LogP contribution in [0.5, 0.6) is 0 Å². The maximum atomic E-state index is 12.1. The number of aromatic nitrogens is 2. The van der Waals surface area contributed by atoms with Crippen molar-refractivity contribution in [1.29, 1.82) is 0 Å². The third-order valence-electron chi connectivity index (χ3n) is 4.82. The minimum absolute atomic E-state index is 0.0438. The van der Waals surface area contributed by atoms with Crippen LogP contribution in [0, 0.1) is 12.3 Å². The standard InChI is InChI=1S/C15H25N3O2/c1-5-15(6-2)12(9-13(15)20-4)16-14(19)8-11-7-10(3)17-18-11/h7,12-13H,5-6,8-9H2,1-4H3,(H,16,19)(H,17,18)/t12-,13+/m0/s1. The number of amides is 1. The first kappa shape index (κ1) is 15.0. The highest BCUT2D eigenvalue weighted by atomic mass is 16.5. The number of carbonyl (C=O) groups is 1. The zero-order chi connectivity index (χ0) is 14.8. The van der Waals surface area contributed by atoms with E-state index >= 15 is 0 Å². The molecule has 2 rings (SSSR count). The Bertz CT molecular complexity index is 465. The minimum atomic E-state index is 0.0438. The van der Waals surface area contributed by atoms with Crippen LogP contribution in [0.4, 0.5) is 0 Å². The van der Waals surface area contributed by atoms with Crippen molar-refractivity contribution in [3.8, 4) is 0 Å². The number of aryl methyl sites for hydroxylation is 1. The molecule has 0 saturated heterocycles. The molecule has 1 aromatic rings. The first-order valence-corrected chi connectivity index (χ1v) is 7.38. The molecule has 0 aliphatic heterocycles. The highest BCUT2D eigenvalue weighted by Gasteiger charge is 2.53. The van der Waals surface area contributed by atoms with Crippen LogP contribution < -0.4 is 5.32 Å². The van der Waals surface area contributed by atoms with E-state index in [-0.39, 0.29) is 23.5 Å². The molecule has 5 heteroatoms. The van der Waals surface area contributed by atoms with E-state index in [1.54, 1.807) is 7.11 Å². The lowest BCUT2D eigenvalue weighted by atomic mass is 9.58. The van der Waals surface area contributed by atoms with Crippen molar-refractivity contribution >= 4 is 5.91 Å². The maximum absolute atomic E-state index is 12.1. The summed E-state index contributed by atoms with van der Waals surface area (Å²) < 4.78 is 5.55. The fourth-order valence-corrected chi connectivity index (χ4v) is 3.45. The van der Waals surface area contributed by atoms with Gasteiger partial charge in [-0.2, -0.15) is 5.10 Å². The number of rotatable bonds is 6. The molecule has 1 aliphatic rings. The van der Waals surface area contributed by atoms with Crippen molar-refractivity contribution in [2.75, 3.05) is 7.11 Å². The number of methoxy groups -OCH3 is 1. The number of nitrogens with one attached hydrogen (secondary N) is 2. The molecular formula is C15H25N3O2.